The Labute approximate surface area is 141 Å². The minimum atomic E-state index is -1.01. The van der Waals surface area contributed by atoms with E-state index in [1.54, 1.807) is 19.4 Å². The zero-order valence-corrected chi connectivity index (χ0v) is 13.8. The first-order chi connectivity index (χ1) is 11.5. The maximum Gasteiger partial charge on any atom is 0.326 e. The van der Waals surface area contributed by atoms with E-state index in [1.165, 1.54) is 4.90 Å². The van der Waals surface area contributed by atoms with Gasteiger partial charge in [-0.05, 0) is 37.3 Å². The third-order valence-electron chi connectivity index (χ3n) is 4.38. The van der Waals surface area contributed by atoms with Gasteiger partial charge in [0.2, 0.25) is 11.8 Å². The molecular formula is C17H23N3O4. The molecule has 0 unspecified atom stereocenters. The number of nitrogens with one attached hydrogen (secondary N) is 1. The van der Waals surface area contributed by atoms with Gasteiger partial charge in [0.05, 0.1) is 5.92 Å². The van der Waals surface area contributed by atoms with Crippen LogP contribution >= 0.6 is 0 Å². The van der Waals surface area contributed by atoms with Crippen LogP contribution in [0.15, 0.2) is 24.5 Å². The standard InChI is InChI=1S/C17H23N3O4/c1-18-16(22)13-7-8-14(17(23)24)20(11-13)15(21)6-2-4-12-5-3-9-19-10-12/h3,5,9-10,13-14H,2,4,6-8,11H2,1H3,(H,18,22)(H,23,24)/t13-,14-/m0/s1. The highest BCUT2D eigenvalue weighted by Gasteiger charge is 2.37. The molecular weight excluding hydrogens is 310 g/mol. The molecule has 7 nitrogen and oxygen atoms in total. The molecule has 2 rings (SSSR count). The molecule has 1 aromatic rings. The smallest absolute Gasteiger partial charge is 0.326 e. The SMILES string of the molecule is CNC(=O)[C@H]1CC[C@@H](C(=O)O)N(C(=O)CCCc2cccnc2)C1. The lowest BCUT2D eigenvalue weighted by Crippen LogP contribution is -2.53. The van der Waals surface area contributed by atoms with E-state index in [0.29, 0.717) is 25.7 Å². The van der Waals surface area contributed by atoms with E-state index >= 15 is 0 Å². The van der Waals surface area contributed by atoms with Gasteiger partial charge in [-0.25, -0.2) is 4.79 Å². The molecule has 7 heteroatoms. The number of carboxylic acids is 1. The van der Waals surface area contributed by atoms with Crippen LogP contribution in [0.5, 0.6) is 0 Å². The molecule has 1 saturated heterocycles. The van der Waals surface area contributed by atoms with Crippen molar-refractivity contribution in [1.82, 2.24) is 15.2 Å². The quantitative estimate of drug-likeness (QED) is 0.804. The van der Waals surface area contributed by atoms with E-state index in [0.717, 1.165) is 5.56 Å². The number of piperidine rings is 1. The van der Waals surface area contributed by atoms with Gasteiger partial charge in [0.15, 0.2) is 0 Å². The molecule has 1 aliphatic heterocycles. The second kappa shape index (κ2) is 8.42. The number of hydrogen-bond acceptors (Lipinski definition) is 4. The second-order valence-corrected chi connectivity index (χ2v) is 6.00. The molecule has 130 valence electrons. The van der Waals surface area contributed by atoms with Gasteiger partial charge < -0.3 is 15.3 Å². The largest absolute Gasteiger partial charge is 0.480 e. The summed E-state index contributed by atoms with van der Waals surface area (Å²) in [7, 11) is 1.55. The number of amides is 2. The van der Waals surface area contributed by atoms with E-state index in [4.69, 9.17) is 0 Å². The van der Waals surface area contributed by atoms with Crippen molar-refractivity contribution in [2.24, 2.45) is 5.92 Å². The van der Waals surface area contributed by atoms with Crippen molar-refractivity contribution >= 4 is 17.8 Å². The predicted molar refractivity (Wildman–Crippen MR) is 87.1 cm³/mol. The Morgan fingerprint density at radius 3 is 2.79 bits per heavy atom. The van der Waals surface area contributed by atoms with E-state index in [9.17, 15) is 19.5 Å². The van der Waals surface area contributed by atoms with Crippen molar-refractivity contribution in [3.05, 3.63) is 30.1 Å². The van der Waals surface area contributed by atoms with Crippen LogP contribution in [-0.2, 0) is 20.8 Å². The summed E-state index contributed by atoms with van der Waals surface area (Å²) in [6.07, 6.45) is 5.84. The molecule has 0 radical (unpaired) electrons. The first-order valence-corrected chi connectivity index (χ1v) is 8.15. The van der Waals surface area contributed by atoms with Gasteiger partial charge in [-0.2, -0.15) is 0 Å². The summed E-state index contributed by atoms with van der Waals surface area (Å²) in [5.41, 5.74) is 1.04. The highest BCUT2D eigenvalue weighted by atomic mass is 16.4. The van der Waals surface area contributed by atoms with E-state index in [-0.39, 0.29) is 30.7 Å². The number of pyridine rings is 1. The molecule has 0 aliphatic carbocycles. The second-order valence-electron chi connectivity index (χ2n) is 6.00. The lowest BCUT2D eigenvalue weighted by atomic mass is 9.91. The minimum absolute atomic E-state index is 0.146. The normalized spacial score (nSPS) is 20.5. The number of nitrogens with zero attached hydrogens (tertiary/aromatic N) is 2. The van der Waals surface area contributed by atoms with Crippen molar-refractivity contribution in [2.75, 3.05) is 13.6 Å². The number of carboxylic acid groups (broad SMARTS) is 1. The molecule has 2 heterocycles. The van der Waals surface area contributed by atoms with E-state index in [1.807, 2.05) is 12.1 Å². The highest BCUT2D eigenvalue weighted by Crippen LogP contribution is 2.24. The third-order valence-corrected chi connectivity index (χ3v) is 4.38. The lowest BCUT2D eigenvalue weighted by Gasteiger charge is -2.36. The summed E-state index contributed by atoms with van der Waals surface area (Å²) < 4.78 is 0. The summed E-state index contributed by atoms with van der Waals surface area (Å²) in [4.78, 5) is 41.1. The van der Waals surface area contributed by atoms with Crippen molar-refractivity contribution in [3.8, 4) is 0 Å². The number of aromatic nitrogens is 1. The predicted octanol–water partition coefficient (Wildman–Crippen LogP) is 0.842. The number of carbonyl (C=O) groups excluding carboxylic acids is 2. The zero-order chi connectivity index (χ0) is 17.5. The number of aliphatic carboxylic acids is 1. The molecule has 0 spiro atoms. The van der Waals surface area contributed by atoms with Crippen LogP contribution in [0.2, 0.25) is 0 Å². The van der Waals surface area contributed by atoms with Gasteiger partial charge >= 0.3 is 5.97 Å². The molecule has 0 aromatic carbocycles. The van der Waals surface area contributed by atoms with Gasteiger partial charge in [0, 0.05) is 32.4 Å². The zero-order valence-electron chi connectivity index (χ0n) is 13.8. The Hall–Kier alpha value is -2.44. The van der Waals surface area contributed by atoms with E-state index < -0.39 is 12.0 Å². The van der Waals surface area contributed by atoms with Gasteiger partial charge in [0.1, 0.15) is 6.04 Å². The van der Waals surface area contributed by atoms with Gasteiger partial charge in [0.25, 0.3) is 0 Å². The van der Waals surface area contributed by atoms with Crippen LogP contribution in [0.25, 0.3) is 0 Å². The Morgan fingerprint density at radius 1 is 1.38 bits per heavy atom. The van der Waals surface area contributed by atoms with Crippen molar-refractivity contribution in [2.45, 2.75) is 38.1 Å². The van der Waals surface area contributed by atoms with Gasteiger partial charge in [-0.3, -0.25) is 14.6 Å². The Balaban J connectivity index is 1.94. The van der Waals surface area contributed by atoms with Crippen molar-refractivity contribution in [3.63, 3.8) is 0 Å². The minimum Gasteiger partial charge on any atom is -0.480 e. The Morgan fingerprint density at radius 2 is 2.17 bits per heavy atom. The molecule has 24 heavy (non-hydrogen) atoms. The fraction of sp³-hybridized carbons (Fsp3) is 0.529. The summed E-state index contributed by atoms with van der Waals surface area (Å²) in [5.74, 6) is -1.70. The summed E-state index contributed by atoms with van der Waals surface area (Å²) in [6.45, 7) is 0.169. The van der Waals surface area contributed by atoms with Gasteiger partial charge in [-0.1, -0.05) is 6.07 Å². The maximum atomic E-state index is 12.5. The fourth-order valence-corrected chi connectivity index (χ4v) is 3.05. The summed E-state index contributed by atoms with van der Waals surface area (Å²) >= 11 is 0. The molecule has 0 saturated carbocycles. The average molecular weight is 333 g/mol. The molecule has 1 aromatic heterocycles. The Bertz CT molecular complexity index is 591. The molecule has 0 bridgehead atoms. The summed E-state index contributed by atoms with van der Waals surface area (Å²) in [5, 5.41) is 11.9. The summed E-state index contributed by atoms with van der Waals surface area (Å²) in [6, 6.07) is 2.95. The number of likely N-dealkylation sites (tertiary alicyclic amines) is 1. The van der Waals surface area contributed by atoms with Crippen LogP contribution in [0.4, 0.5) is 0 Å². The molecule has 1 fully saturated rings. The van der Waals surface area contributed by atoms with Gasteiger partial charge in [-0.15, -0.1) is 0 Å². The molecule has 2 N–H and O–H groups in total. The maximum absolute atomic E-state index is 12.5. The molecule has 2 atom stereocenters. The average Bonchev–Trinajstić information content (AvgIpc) is 2.61. The first-order valence-electron chi connectivity index (χ1n) is 8.15. The number of rotatable bonds is 6. The van der Waals surface area contributed by atoms with E-state index in [2.05, 4.69) is 10.3 Å². The van der Waals surface area contributed by atoms with Crippen LogP contribution in [0, 0.1) is 5.92 Å². The van der Waals surface area contributed by atoms with Crippen molar-refractivity contribution < 1.29 is 19.5 Å². The molecule has 1 aliphatic rings. The Kier molecular flexibility index (Phi) is 6.28. The topological polar surface area (TPSA) is 99.6 Å². The molecule has 2 amide bonds. The number of carbonyl (C=O) groups is 3. The lowest BCUT2D eigenvalue weighted by molar-refractivity contribution is -0.154. The van der Waals surface area contributed by atoms with Crippen molar-refractivity contribution in [1.29, 1.82) is 0 Å². The van der Waals surface area contributed by atoms with Crippen LogP contribution in [0.3, 0.4) is 0 Å². The number of hydrogen-bond donors (Lipinski definition) is 2. The highest BCUT2D eigenvalue weighted by molar-refractivity contribution is 5.86. The monoisotopic (exact) mass is 333 g/mol. The third kappa shape index (κ3) is 4.53. The number of aryl methyl sites for hydroxylation is 1. The first kappa shape index (κ1) is 17.9. The van der Waals surface area contributed by atoms with Crippen LogP contribution in [0.1, 0.15) is 31.2 Å². The van der Waals surface area contributed by atoms with Crippen LogP contribution in [-0.4, -0.2) is 52.4 Å². The van der Waals surface area contributed by atoms with Crippen LogP contribution < -0.4 is 5.32 Å². The fourth-order valence-electron chi connectivity index (χ4n) is 3.05.